The van der Waals surface area contributed by atoms with Crippen LogP contribution in [0.2, 0.25) is 0 Å². The van der Waals surface area contributed by atoms with Crippen LogP contribution in [0.3, 0.4) is 0 Å². The molecular weight excluding hydrogens is 469 g/mol. The predicted octanol–water partition coefficient (Wildman–Crippen LogP) is 3.49. The van der Waals surface area contributed by atoms with E-state index >= 15 is 0 Å². The fourth-order valence-electron chi connectivity index (χ4n) is 3.27. The van der Waals surface area contributed by atoms with Crippen LogP contribution in [-0.2, 0) is 13.0 Å². The zero-order chi connectivity index (χ0) is 18.2. The number of benzene rings is 1. The van der Waals surface area contributed by atoms with E-state index in [2.05, 4.69) is 80.0 Å². The Morgan fingerprint density at radius 3 is 2.89 bits per heavy atom. The summed E-state index contributed by atoms with van der Waals surface area (Å²) in [5.41, 5.74) is 1.30. The predicted molar refractivity (Wildman–Crippen MR) is 126 cm³/mol. The van der Waals surface area contributed by atoms with Crippen molar-refractivity contribution in [3.8, 4) is 0 Å². The molecular formula is C20H30IN5S. The van der Waals surface area contributed by atoms with Gasteiger partial charge in [0.1, 0.15) is 5.82 Å². The first-order valence-electron chi connectivity index (χ1n) is 9.41. The topological polar surface area (TPSA) is 45.4 Å². The van der Waals surface area contributed by atoms with E-state index in [0.717, 1.165) is 44.4 Å². The molecule has 0 saturated carbocycles. The van der Waals surface area contributed by atoms with Crippen LogP contribution in [0.4, 0.5) is 0 Å². The Bertz CT molecular complexity index is 703. The van der Waals surface area contributed by atoms with Gasteiger partial charge in [-0.25, -0.2) is 4.98 Å². The molecule has 0 spiro atoms. The maximum absolute atomic E-state index is 4.54. The first kappa shape index (κ1) is 22.1. The summed E-state index contributed by atoms with van der Waals surface area (Å²) in [6.07, 6.45) is 6.05. The minimum Gasteiger partial charge on any atom is -0.356 e. The molecule has 1 N–H and O–H groups in total. The number of aliphatic imine (C=N–C) groups is 1. The molecule has 7 heteroatoms. The van der Waals surface area contributed by atoms with E-state index in [9.17, 15) is 0 Å². The summed E-state index contributed by atoms with van der Waals surface area (Å²) in [7, 11) is 1.88. The van der Waals surface area contributed by atoms with Crippen LogP contribution in [0.25, 0.3) is 0 Å². The highest BCUT2D eigenvalue weighted by Crippen LogP contribution is 2.20. The summed E-state index contributed by atoms with van der Waals surface area (Å²) >= 11 is 2.08. The van der Waals surface area contributed by atoms with E-state index in [-0.39, 0.29) is 24.0 Å². The lowest BCUT2D eigenvalue weighted by molar-refractivity contribution is 0.408. The maximum Gasteiger partial charge on any atom is 0.193 e. The van der Waals surface area contributed by atoms with Crippen molar-refractivity contribution in [2.75, 3.05) is 32.4 Å². The molecule has 2 aromatic rings. The summed E-state index contributed by atoms with van der Waals surface area (Å²) in [5.74, 6) is 3.31. The van der Waals surface area contributed by atoms with Crippen LogP contribution in [0, 0.1) is 0 Å². The van der Waals surface area contributed by atoms with Crippen molar-refractivity contribution in [1.82, 2.24) is 19.8 Å². The number of hydrogen-bond acceptors (Lipinski definition) is 3. The average Bonchev–Trinajstić information content (AvgIpc) is 3.13. The molecule has 5 nitrogen and oxygen atoms in total. The second-order valence-corrected chi connectivity index (χ2v) is 7.94. The Labute approximate surface area is 184 Å². The molecule has 0 radical (unpaired) electrons. The number of rotatable bonds is 6. The zero-order valence-electron chi connectivity index (χ0n) is 16.2. The number of guanidine groups is 1. The number of nitrogens with one attached hydrogen (secondary N) is 1. The van der Waals surface area contributed by atoms with E-state index in [1.54, 1.807) is 0 Å². The van der Waals surface area contributed by atoms with Gasteiger partial charge >= 0.3 is 0 Å². The van der Waals surface area contributed by atoms with Crippen molar-refractivity contribution < 1.29 is 0 Å². The minimum atomic E-state index is 0. The third-order valence-corrected chi connectivity index (χ3v) is 6.11. The monoisotopic (exact) mass is 499 g/mol. The summed E-state index contributed by atoms with van der Waals surface area (Å²) in [5, 5.41) is 4.24. The molecule has 148 valence electrons. The Morgan fingerprint density at radius 1 is 1.33 bits per heavy atom. The van der Waals surface area contributed by atoms with Crippen molar-refractivity contribution in [2.45, 2.75) is 31.6 Å². The van der Waals surface area contributed by atoms with Crippen LogP contribution in [-0.4, -0.2) is 58.1 Å². The van der Waals surface area contributed by atoms with Crippen LogP contribution in [0.1, 0.15) is 24.7 Å². The van der Waals surface area contributed by atoms with Gasteiger partial charge in [-0.15, -0.1) is 24.0 Å². The Hall–Kier alpha value is -1.22. The quantitative estimate of drug-likeness (QED) is 0.376. The Morgan fingerprint density at radius 2 is 2.15 bits per heavy atom. The molecule has 3 rings (SSSR count). The largest absolute Gasteiger partial charge is 0.356 e. The molecule has 2 heterocycles. The highest BCUT2D eigenvalue weighted by molar-refractivity contribution is 14.0. The third-order valence-electron chi connectivity index (χ3n) is 4.73. The lowest BCUT2D eigenvalue weighted by atomic mass is 10.2. The molecule has 0 bridgehead atoms. The van der Waals surface area contributed by atoms with Crippen molar-refractivity contribution >= 4 is 41.7 Å². The van der Waals surface area contributed by atoms with Crippen LogP contribution >= 0.6 is 35.7 Å². The van der Waals surface area contributed by atoms with Gasteiger partial charge in [-0.3, -0.25) is 4.99 Å². The number of nitrogens with zero attached hydrogens (tertiary/aromatic N) is 4. The van der Waals surface area contributed by atoms with Crippen LogP contribution < -0.4 is 5.32 Å². The molecule has 1 aromatic carbocycles. The van der Waals surface area contributed by atoms with E-state index in [1.807, 2.05) is 13.2 Å². The molecule has 0 amide bonds. The number of thioether (sulfide) groups is 1. The maximum atomic E-state index is 4.54. The molecule has 1 saturated heterocycles. The highest BCUT2D eigenvalue weighted by Gasteiger charge is 2.21. The summed E-state index contributed by atoms with van der Waals surface area (Å²) in [6, 6.07) is 10.5. The SMILES string of the molecule is CCC1CN(C(=NC)NCCc2nccn2Cc2ccccc2)CCS1.I. The molecule has 1 aliphatic rings. The number of hydrogen-bond donors (Lipinski definition) is 1. The van der Waals surface area contributed by atoms with Gasteiger partial charge in [0.15, 0.2) is 5.96 Å². The van der Waals surface area contributed by atoms with Crippen LogP contribution in [0.15, 0.2) is 47.7 Å². The van der Waals surface area contributed by atoms with E-state index in [1.165, 1.54) is 17.7 Å². The molecule has 1 aromatic heterocycles. The lowest BCUT2D eigenvalue weighted by Crippen LogP contribution is -2.48. The Kier molecular flexibility index (Phi) is 9.47. The summed E-state index contributed by atoms with van der Waals surface area (Å²) < 4.78 is 2.23. The second kappa shape index (κ2) is 11.6. The van der Waals surface area contributed by atoms with Gasteiger partial charge in [0.2, 0.25) is 0 Å². The molecule has 1 aliphatic heterocycles. The number of halogens is 1. The van der Waals surface area contributed by atoms with Crippen molar-refractivity contribution in [2.24, 2.45) is 4.99 Å². The fraction of sp³-hybridized carbons (Fsp3) is 0.500. The number of aromatic nitrogens is 2. The van der Waals surface area contributed by atoms with E-state index in [0.29, 0.717) is 5.25 Å². The summed E-state index contributed by atoms with van der Waals surface area (Å²) in [6.45, 7) is 6.14. The molecule has 1 unspecified atom stereocenters. The Balaban J connectivity index is 0.00000261. The van der Waals surface area contributed by atoms with Gasteiger partial charge < -0.3 is 14.8 Å². The van der Waals surface area contributed by atoms with Crippen molar-refractivity contribution in [3.63, 3.8) is 0 Å². The molecule has 1 fully saturated rings. The van der Waals surface area contributed by atoms with Gasteiger partial charge in [0, 0.05) is 63.0 Å². The van der Waals surface area contributed by atoms with Gasteiger partial charge in [-0.05, 0) is 12.0 Å². The van der Waals surface area contributed by atoms with Crippen molar-refractivity contribution in [3.05, 3.63) is 54.1 Å². The second-order valence-electron chi connectivity index (χ2n) is 6.53. The van der Waals surface area contributed by atoms with Gasteiger partial charge in [0.05, 0.1) is 0 Å². The van der Waals surface area contributed by atoms with Gasteiger partial charge in [0.25, 0.3) is 0 Å². The molecule has 27 heavy (non-hydrogen) atoms. The highest BCUT2D eigenvalue weighted by atomic mass is 127. The van der Waals surface area contributed by atoms with Gasteiger partial charge in [-0.1, -0.05) is 37.3 Å². The fourth-order valence-corrected chi connectivity index (χ4v) is 4.45. The third kappa shape index (κ3) is 6.41. The zero-order valence-corrected chi connectivity index (χ0v) is 19.3. The standard InChI is InChI=1S/C20H29N5S.HI/c1-3-18-16-25(13-14-26-18)20(21-2)23-10-9-19-22-11-12-24(19)15-17-7-5-4-6-8-17;/h4-8,11-12,18H,3,9-10,13-16H2,1-2H3,(H,21,23);1H. The molecule has 1 atom stereocenters. The summed E-state index contributed by atoms with van der Waals surface area (Å²) in [4.78, 5) is 11.4. The van der Waals surface area contributed by atoms with Crippen molar-refractivity contribution in [1.29, 1.82) is 0 Å². The first-order chi connectivity index (χ1) is 12.8. The van der Waals surface area contributed by atoms with Crippen LogP contribution in [0.5, 0.6) is 0 Å². The van der Waals surface area contributed by atoms with E-state index in [4.69, 9.17) is 0 Å². The minimum absolute atomic E-state index is 0. The average molecular weight is 499 g/mol. The normalized spacial score (nSPS) is 17.5. The lowest BCUT2D eigenvalue weighted by Gasteiger charge is -2.34. The van der Waals surface area contributed by atoms with E-state index < -0.39 is 0 Å². The smallest absolute Gasteiger partial charge is 0.193 e. The van der Waals surface area contributed by atoms with Gasteiger partial charge in [-0.2, -0.15) is 11.8 Å². The number of imidazole rings is 1. The first-order valence-corrected chi connectivity index (χ1v) is 10.5. The molecule has 0 aliphatic carbocycles.